The Morgan fingerprint density at radius 2 is 1.92 bits per heavy atom. The molecule has 26 heavy (non-hydrogen) atoms. The van der Waals surface area contributed by atoms with Crippen molar-refractivity contribution in [3.05, 3.63) is 67.7 Å². The number of carbonyl (C=O) groups is 1. The van der Waals surface area contributed by atoms with E-state index < -0.39 is 0 Å². The maximum atomic E-state index is 12.8. The second-order valence-electron chi connectivity index (χ2n) is 6.33. The largest absolute Gasteiger partial charge is 0.349 e. The number of hydrogen-bond donors (Lipinski definition) is 1. The fraction of sp³-hybridized carbons (Fsp3) is 0.316. The van der Waals surface area contributed by atoms with E-state index in [-0.39, 0.29) is 29.7 Å². The first-order valence-electron chi connectivity index (χ1n) is 8.50. The first kappa shape index (κ1) is 18.1. The normalized spacial score (nSPS) is 12.3. The smallest absolute Gasteiger partial charge is 0.332 e. The number of fused-ring (bicyclic) bond motifs is 1. The van der Waals surface area contributed by atoms with E-state index in [9.17, 15) is 14.4 Å². The molecule has 0 bridgehead atoms. The summed E-state index contributed by atoms with van der Waals surface area (Å²) in [5, 5.41) is 3.28. The minimum absolute atomic E-state index is 0.0475. The number of aromatic nitrogens is 2. The monoisotopic (exact) mass is 371 g/mol. The van der Waals surface area contributed by atoms with Crippen LogP contribution in [-0.4, -0.2) is 21.1 Å². The summed E-state index contributed by atoms with van der Waals surface area (Å²) < 4.78 is 2.64. The lowest BCUT2D eigenvalue weighted by Gasteiger charge is -2.09. The summed E-state index contributed by atoms with van der Waals surface area (Å²) in [6.07, 6.45) is 0.818. The van der Waals surface area contributed by atoms with E-state index in [0.717, 1.165) is 12.0 Å². The topological polar surface area (TPSA) is 73.1 Å². The maximum Gasteiger partial charge on any atom is 0.332 e. The quantitative estimate of drug-likeness (QED) is 0.748. The molecule has 2 aromatic heterocycles. The lowest BCUT2D eigenvalue weighted by Crippen LogP contribution is -2.38. The molecule has 2 heterocycles. The molecule has 3 aromatic rings. The van der Waals surface area contributed by atoms with Gasteiger partial charge in [-0.2, -0.15) is 0 Å². The highest BCUT2D eigenvalue weighted by atomic mass is 32.1. The number of amides is 1. The van der Waals surface area contributed by atoms with E-state index in [1.807, 2.05) is 44.2 Å². The van der Waals surface area contributed by atoms with Gasteiger partial charge in [-0.25, -0.2) is 4.79 Å². The summed E-state index contributed by atoms with van der Waals surface area (Å²) in [6, 6.07) is 11.0. The Kier molecular flexibility index (Phi) is 5.08. The first-order valence-corrected chi connectivity index (χ1v) is 9.32. The van der Waals surface area contributed by atoms with Gasteiger partial charge in [-0.3, -0.25) is 18.7 Å². The van der Waals surface area contributed by atoms with Gasteiger partial charge in [-0.15, -0.1) is 11.3 Å². The van der Waals surface area contributed by atoms with Gasteiger partial charge >= 0.3 is 5.69 Å². The third-order valence-electron chi connectivity index (χ3n) is 4.41. The highest BCUT2D eigenvalue weighted by molar-refractivity contribution is 7.20. The van der Waals surface area contributed by atoms with E-state index in [4.69, 9.17) is 0 Å². The highest BCUT2D eigenvalue weighted by Gasteiger charge is 2.18. The lowest BCUT2D eigenvalue weighted by molar-refractivity contribution is 0.0943. The second-order valence-corrected chi connectivity index (χ2v) is 7.36. The number of hydrogen-bond acceptors (Lipinski definition) is 4. The van der Waals surface area contributed by atoms with Gasteiger partial charge in [-0.05, 0) is 25.0 Å². The number of aryl methyl sites for hydroxylation is 1. The molecular weight excluding hydrogens is 350 g/mol. The first-order chi connectivity index (χ1) is 12.4. The molecule has 1 amide bonds. The SMILES string of the molecule is CCC(C)NC(=O)c1cc2c(=O)n(Cc3ccccc3)c(=O)n(C)c2s1. The molecule has 1 atom stereocenters. The summed E-state index contributed by atoms with van der Waals surface area (Å²) in [5.74, 6) is -0.220. The van der Waals surface area contributed by atoms with Crippen molar-refractivity contribution in [3.8, 4) is 0 Å². The van der Waals surface area contributed by atoms with E-state index in [1.165, 1.54) is 20.5 Å². The van der Waals surface area contributed by atoms with Crippen LogP contribution in [0.1, 0.15) is 35.5 Å². The Bertz CT molecular complexity index is 1060. The molecule has 1 unspecified atom stereocenters. The summed E-state index contributed by atoms with van der Waals surface area (Å²) in [5.41, 5.74) is 0.115. The Balaban J connectivity index is 2.08. The number of benzene rings is 1. The Hall–Kier alpha value is -2.67. The van der Waals surface area contributed by atoms with Gasteiger partial charge in [0.2, 0.25) is 0 Å². The second kappa shape index (κ2) is 7.29. The molecule has 136 valence electrons. The van der Waals surface area contributed by atoms with Crippen LogP contribution < -0.4 is 16.6 Å². The van der Waals surface area contributed by atoms with Crippen LogP contribution in [-0.2, 0) is 13.6 Å². The molecule has 0 aliphatic heterocycles. The van der Waals surface area contributed by atoms with Crippen molar-refractivity contribution in [2.45, 2.75) is 32.9 Å². The number of rotatable bonds is 5. The number of carbonyl (C=O) groups excluding carboxylic acids is 1. The molecule has 0 radical (unpaired) electrons. The van der Waals surface area contributed by atoms with Gasteiger partial charge in [0.05, 0.1) is 16.8 Å². The van der Waals surface area contributed by atoms with Gasteiger partial charge in [0.1, 0.15) is 4.83 Å². The fourth-order valence-electron chi connectivity index (χ4n) is 2.70. The van der Waals surface area contributed by atoms with Crippen LogP contribution in [0.15, 0.2) is 46.0 Å². The van der Waals surface area contributed by atoms with Crippen LogP contribution in [0.3, 0.4) is 0 Å². The van der Waals surface area contributed by atoms with E-state index in [0.29, 0.717) is 15.1 Å². The average Bonchev–Trinajstić information content (AvgIpc) is 3.10. The summed E-state index contributed by atoms with van der Waals surface area (Å²) >= 11 is 1.17. The van der Waals surface area contributed by atoms with Crippen molar-refractivity contribution in [2.24, 2.45) is 7.05 Å². The van der Waals surface area contributed by atoms with E-state index in [1.54, 1.807) is 13.1 Å². The van der Waals surface area contributed by atoms with Crippen molar-refractivity contribution >= 4 is 27.5 Å². The summed E-state index contributed by atoms with van der Waals surface area (Å²) in [4.78, 5) is 38.8. The van der Waals surface area contributed by atoms with Crippen LogP contribution in [0.2, 0.25) is 0 Å². The molecule has 1 N–H and O–H groups in total. The fourth-order valence-corrected chi connectivity index (χ4v) is 3.71. The minimum atomic E-state index is -0.387. The zero-order valence-corrected chi connectivity index (χ0v) is 15.8. The molecular formula is C19H21N3O3S. The van der Waals surface area contributed by atoms with Crippen molar-refractivity contribution in [2.75, 3.05) is 0 Å². The Morgan fingerprint density at radius 3 is 2.58 bits per heavy atom. The molecule has 6 nitrogen and oxygen atoms in total. The van der Waals surface area contributed by atoms with Crippen molar-refractivity contribution in [1.29, 1.82) is 0 Å². The highest BCUT2D eigenvalue weighted by Crippen LogP contribution is 2.22. The van der Waals surface area contributed by atoms with Gasteiger partial charge < -0.3 is 5.32 Å². The average molecular weight is 371 g/mol. The van der Waals surface area contributed by atoms with Gasteiger partial charge in [0.15, 0.2) is 0 Å². The maximum absolute atomic E-state index is 12.8. The van der Waals surface area contributed by atoms with E-state index >= 15 is 0 Å². The third-order valence-corrected chi connectivity index (χ3v) is 5.62. The molecule has 7 heteroatoms. The predicted octanol–water partition coefficient (Wildman–Crippen LogP) is 2.34. The summed E-state index contributed by atoms with van der Waals surface area (Å²) in [6.45, 7) is 4.11. The van der Waals surface area contributed by atoms with Gasteiger partial charge in [-0.1, -0.05) is 37.3 Å². The van der Waals surface area contributed by atoms with Crippen LogP contribution in [0.5, 0.6) is 0 Å². The third kappa shape index (κ3) is 3.35. The van der Waals surface area contributed by atoms with Gasteiger partial charge in [0, 0.05) is 13.1 Å². The van der Waals surface area contributed by atoms with Crippen LogP contribution >= 0.6 is 11.3 Å². The molecule has 1 aromatic carbocycles. The van der Waals surface area contributed by atoms with E-state index in [2.05, 4.69) is 5.32 Å². The Labute approximate surface area is 154 Å². The Morgan fingerprint density at radius 1 is 1.23 bits per heavy atom. The standard InChI is InChI=1S/C19H21N3O3S/c1-4-12(2)20-16(23)15-10-14-17(24)22(11-13-8-6-5-7-9-13)19(25)21(3)18(14)26-15/h5-10,12H,4,11H2,1-3H3,(H,20,23). The van der Waals surface area contributed by atoms with Crippen LogP contribution in [0.4, 0.5) is 0 Å². The minimum Gasteiger partial charge on any atom is -0.349 e. The van der Waals surface area contributed by atoms with Crippen molar-refractivity contribution < 1.29 is 4.79 Å². The molecule has 0 saturated heterocycles. The van der Waals surface area contributed by atoms with Crippen molar-refractivity contribution in [3.63, 3.8) is 0 Å². The van der Waals surface area contributed by atoms with Crippen molar-refractivity contribution in [1.82, 2.24) is 14.5 Å². The number of thiophene rings is 1. The lowest BCUT2D eigenvalue weighted by atomic mass is 10.2. The molecule has 0 fully saturated rings. The molecule has 0 aliphatic carbocycles. The molecule has 0 saturated carbocycles. The van der Waals surface area contributed by atoms with Crippen LogP contribution in [0.25, 0.3) is 10.2 Å². The number of nitrogens with one attached hydrogen (secondary N) is 1. The van der Waals surface area contributed by atoms with Crippen LogP contribution in [0, 0.1) is 0 Å². The zero-order chi connectivity index (χ0) is 18.8. The molecule has 0 aliphatic rings. The summed E-state index contributed by atoms with van der Waals surface area (Å²) in [7, 11) is 1.62. The molecule has 0 spiro atoms. The predicted molar refractivity (Wildman–Crippen MR) is 104 cm³/mol. The van der Waals surface area contributed by atoms with Gasteiger partial charge in [0.25, 0.3) is 11.5 Å². The number of nitrogens with zero attached hydrogens (tertiary/aromatic N) is 2. The molecule has 3 rings (SSSR count). The zero-order valence-electron chi connectivity index (χ0n) is 15.0.